The summed E-state index contributed by atoms with van der Waals surface area (Å²) >= 11 is 0. The van der Waals surface area contributed by atoms with E-state index in [1.54, 1.807) is 0 Å². The molecule has 120 valence electrons. The van der Waals surface area contributed by atoms with E-state index in [2.05, 4.69) is 47.2 Å². The minimum Gasteiger partial charge on any atom is -0.342 e. The van der Waals surface area contributed by atoms with Crippen LogP contribution in [0.1, 0.15) is 31.2 Å². The van der Waals surface area contributed by atoms with Gasteiger partial charge in [0.25, 0.3) is 0 Å². The first-order valence-corrected chi connectivity index (χ1v) is 8.73. The molecule has 2 fully saturated rings. The standard InChI is InChI=1S/C19H28N2O/c1-20-11-5-8-18(15-20)19(22)21-12-9-17(10-13-21)14-16-6-3-2-4-7-16/h2-4,6-7,17-18H,5,8-15H2,1H3. The molecule has 1 atom stereocenters. The van der Waals surface area contributed by atoms with Crippen LogP contribution in [0.5, 0.6) is 0 Å². The number of rotatable bonds is 3. The Morgan fingerprint density at radius 3 is 2.50 bits per heavy atom. The molecule has 0 bridgehead atoms. The number of likely N-dealkylation sites (tertiary alicyclic amines) is 2. The molecule has 0 spiro atoms. The molecular weight excluding hydrogens is 272 g/mol. The minimum atomic E-state index is 0.240. The number of carbonyl (C=O) groups is 1. The van der Waals surface area contributed by atoms with Crippen LogP contribution in [0, 0.1) is 11.8 Å². The van der Waals surface area contributed by atoms with Gasteiger partial charge in [-0.1, -0.05) is 30.3 Å². The van der Waals surface area contributed by atoms with Crippen LogP contribution < -0.4 is 0 Å². The van der Waals surface area contributed by atoms with Gasteiger partial charge in [-0.3, -0.25) is 4.79 Å². The Morgan fingerprint density at radius 2 is 1.82 bits per heavy atom. The molecule has 22 heavy (non-hydrogen) atoms. The lowest BCUT2D eigenvalue weighted by molar-refractivity contribution is -0.138. The van der Waals surface area contributed by atoms with Gasteiger partial charge in [0.1, 0.15) is 0 Å². The Labute approximate surface area is 134 Å². The Morgan fingerprint density at radius 1 is 1.09 bits per heavy atom. The van der Waals surface area contributed by atoms with Crippen LogP contribution >= 0.6 is 0 Å². The molecule has 3 rings (SSSR count). The average Bonchev–Trinajstić information content (AvgIpc) is 2.56. The second-order valence-electron chi connectivity index (χ2n) is 7.06. The predicted molar refractivity (Wildman–Crippen MR) is 89.7 cm³/mol. The van der Waals surface area contributed by atoms with Gasteiger partial charge >= 0.3 is 0 Å². The maximum atomic E-state index is 12.7. The number of carbonyl (C=O) groups excluding carboxylic acids is 1. The Kier molecular flexibility index (Phi) is 5.14. The SMILES string of the molecule is CN1CCCC(C(=O)N2CCC(Cc3ccccc3)CC2)C1. The Bertz CT molecular complexity index is 479. The molecule has 1 aromatic rings. The smallest absolute Gasteiger partial charge is 0.226 e. The van der Waals surface area contributed by atoms with Crippen molar-refractivity contribution in [3.8, 4) is 0 Å². The quantitative estimate of drug-likeness (QED) is 0.857. The molecule has 0 saturated carbocycles. The number of hydrogen-bond donors (Lipinski definition) is 0. The van der Waals surface area contributed by atoms with E-state index in [0.29, 0.717) is 5.91 Å². The van der Waals surface area contributed by atoms with Crippen molar-refractivity contribution in [2.75, 3.05) is 33.2 Å². The topological polar surface area (TPSA) is 23.6 Å². The molecule has 1 unspecified atom stereocenters. The Hall–Kier alpha value is -1.35. The zero-order valence-electron chi connectivity index (χ0n) is 13.7. The number of benzene rings is 1. The van der Waals surface area contributed by atoms with Gasteiger partial charge in [-0.25, -0.2) is 0 Å². The summed E-state index contributed by atoms with van der Waals surface area (Å²) in [5, 5.41) is 0. The molecular formula is C19H28N2O. The highest BCUT2D eigenvalue weighted by Gasteiger charge is 2.30. The molecule has 1 amide bonds. The third-order valence-electron chi connectivity index (χ3n) is 5.27. The summed E-state index contributed by atoms with van der Waals surface area (Å²) < 4.78 is 0. The largest absolute Gasteiger partial charge is 0.342 e. The van der Waals surface area contributed by atoms with Gasteiger partial charge in [0.15, 0.2) is 0 Å². The third kappa shape index (κ3) is 3.89. The summed E-state index contributed by atoms with van der Waals surface area (Å²) in [6, 6.07) is 10.7. The van der Waals surface area contributed by atoms with Gasteiger partial charge in [0.05, 0.1) is 5.92 Å². The van der Waals surface area contributed by atoms with Gasteiger partial charge in [0, 0.05) is 19.6 Å². The average molecular weight is 300 g/mol. The lowest BCUT2D eigenvalue weighted by atomic mass is 9.89. The van der Waals surface area contributed by atoms with Crippen molar-refractivity contribution >= 4 is 5.91 Å². The molecule has 3 nitrogen and oxygen atoms in total. The molecule has 0 aromatic heterocycles. The minimum absolute atomic E-state index is 0.240. The van der Waals surface area contributed by atoms with E-state index in [9.17, 15) is 4.79 Å². The summed E-state index contributed by atoms with van der Waals surface area (Å²) in [6.45, 7) is 4.00. The number of amides is 1. The van der Waals surface area contributed by atoms with Crippen LogP contribution in [0.4, 0.5) is 0 Å². The maximum absolute atomic E-state index is 12.7. The molecule has 3 heteroatoms. The summed E-state index contributed by atoms with van der Waals surface area (Å²) in [7, 11) is 2.13. The van der Waals surface area contributed by atoms with Gasteiger partial charge in [0.2, 0.25) is 5.91 Å². The van der Waals surface area contributed by atoms with Gasteiger partial charge in [-0.15, -0.1) is 0 Å². The fraction of sp³-hybridized carbons (Fsp3) is 0.632. The highest BCUT2D eigenvalue weighted by Crippen LogP contribution is 2.25. The highest BCUT2D eigenvalue weighted by atomic mass is 16.2. The summed E-state index contributed by atoms with van der Waals surface area (Å²) in [5.41, 5.74) is 1.43. The van der Waals surface area contributed by atoms with Crippen molar-refractivity contribution in [3.63, 3.8) is 0 Å². The molecule has 1 aromatic carbocycles. The predicted octanol–water partition coefficient (Wildman–Crippen LogP) is 2.81. The van der Waals surface area contributed by atoms with E-state index < -0.39 is 0 Å². The zero-order valence-corrected chi connectivity index (χ0v) is 13.7. The Balaban J connectivity index is 1.48. The zero-order chi connectivity index (χ0) is 15.4. The molecule has 2 saturated heterocycles. The summed E-state index contributed by atoms with van der Waals surface area (Å²) in [4.78, 5) is 17.1. The van der Waals surface area contributed by atoms with Crippen LogP contribution in [0.25, 0.3) is 0 Å². The molecule has 2 aliphatic heterocycles. The van der Waals surface area contributed by atoms with Gasteiger partial charge < -0.3 is 9.80 Å². The van der Waals surface area contributed by atoms with Crippen LogP contribution in [-0.4, -0.2) is 48.9 Å². The van der Waals surface area contributed by atoms with E-state index in [4.69, 9.17) is 0 Å². The highest BCUT2D eigenvalue weighted by molar-refractivity contribution is 5.79. The monoisotopic (exact) mass is 300 g/mol. The molecule has 0 N–H and O–H groups in total. The van der Waals surface area contributed by atoms with E-state index in [-0.39, 0.29) is 5.92 Å². The third-order valence-corrected chi connectivity index (χ3v) is 5.27. The second-order valence-corrected chi connectivity index (χ2v) is 7.06. The molecule has 2 aliphatic rings. The van der Waals surface area contributed by atoms with Crippen molar-refractivity contribution < 1.29 is 4.79 Å². The number of piperidine rings is 2. The van der Waals surface area contributed by atoms with Crippen molar-refractivity contribution in [1.29, 1.82) is 0 Å². The number of hydrogen-bond acceptors (Lipinski definition) is 2. The van der Waals surface area contributed by atoms with Crippen molar-refractivity contribution in [1.82, 2.24) is 9.80 Å². The van der Waals surface area contributed by atoms with Crippen LogP contribution in [0.2, 0.25) is 0 Å². The van der Waals surface area contributed by atoms with Gasteiger partial charge in [-0.2, -0.15) is 0 Å². The summed E-state index contributed by atoms with van der Waals surface area (Å²) in [6.07, 6.45) is 5.71. The van der Waals surface area contributed by atoms with Crippen LogP contribution in [-0.2, 0) is 11.2 Å². The van der Waals surface area contributed by atoms with E-state index in [1.807, 2.05) is 0 Å². The van der Waals surface area contributed by atoms with Crippen LogP contribution in [0.3, 0.4) is 0 Å². The van der Waals surface area contributed by atoms with Crippen molar-refractivity contribution in [2.24, 2.45) is 11.8 Å². The first-order valence-electron chi connectivity index (χ1n) is 8.73. The molecule has 2 heterocycles. The molecule has 0 aliphatic carbocycles. The van der Waals surface area contributed by atoms with E-state index in [0.717, 1.165) is 64.2 Å². The normalized spacial score (nSPS) is 24.4. The first kappa shape index (κ1) is 15.5. The van der Waals surface area contributed by atoms with E-state index in [1.165, 1.54) is 5.56 Å². The van der Waals surface area contributed by atoms with E-state index >= 15 is 0 Å². The fourth-order valence-corrected chi connectivity index (χ4v) is 3.93. The van der Waals surface area contributed by atoms with Crippen LogP contribution in [0.15, 0.2) is 30.3 Å². The first-order chi connectivity index (χ1) is 10.7. The summed E-state index contributed by atoms with van der Waals surface area (Å²) in [5.74, 6) is 1.38. The lowest BCUT2D eigenvalue weighted by Crippen LogP contribution is -2.46. The maximum Gasteiger partial charge on any atom is 0.226 e. The van der Waals surface area contributed by atoms with Crippen molar-refractivity contribution in [2.45, 2.75) is 32.1 Å². The second kappa shape index (κ2) is 7.28. The molecule has 0 radical (unpaired) electrons. The fourth-order valence-electron chi connectivity index (χ4n) is 3.93. The van der Waals surface area contributed by atoms with Gasteiger partial charge in [-0.05, 0) is 57.2 Å². The lowest BCUT2D eigenvalue weighted by Gasteiger charge is -2.37. The number of nitrogens with zero attached hydrogens (tertiary/aromatic N) is 2. The van der Waals surface area contributed by atoms with Crippen molar-refractivity contribution in [3.05, 3.63) is 35.9 Å².